The Labute approximate surface area is 154 Å². The number of amides is 1. The predicted octanol–water partition coefficient (Wildman–Crippen LogP) is 2.70. The first-order chi connectivity index (χ1) is 12.6. The molecule has 2 bridgehead atoms. The minimum absolute atomic E-state index is 0.104. The van der Waals surface area contributed by atoms with Gasteiger partial charge in [-0.25, -0.2) is 4.79 Å². The number of nitrogens with one attached hydrogen (secondary N) is 1. The second-order valence-corrected chi connectivity index (χ2v) is 7.46. The molecule has 142 valence electrons. The highest BCUT2D eigenvalue weighted by molar-refractivity contribution is 5.72. The van der Waals surface area contributed by atoms with Crippen LogP contribution < -0.4 is 5.32 Å². The lowest BCUT2D eigenvalue weighted by Gasteiger charge is -2.33. The van der Waals surface area contributed by atoms with Crippen LogP contribution in [0, 0.1) is 11.8 Å². The van der Waals surface area contributed by atoms with Gasteiger partial charge >= 0.3 is 6.09 Å². The van der Waals surface area contributed by atoms with Crippen molar-refractivity contribution in [2.75, 3.05) is 13.1 Å². The van der Waals surface area contributed by atoms with Crippen LogP contribution in [0.5, 0.6) is 5.75 Å². The summed E-state index contributed by atoms with van der Waals surface area (Å²) < 4.78 is 5.52. The van der Waals surface area contributed by atoms with Gasteiger partial charge in [0.05, 0.1) is 6.54 Å². The highest BCUT2D eigenvalue weighted by Crippen LogP contribution is 2.46. The van der Waals surface area contributed by atoms with E-state index in [1.54, 1.807) is 24.0 Å². The quantitative estimate of drug-likeness (QED) is 0.550. The lowest BCUT2D eigenvalue weighted by molar-refractivity contribution is -0.109. The van der Waals surface area contributed by atoms with Gasteiger partial charge in [0.1, 0.15) is 12.0 Å². The number of carbonyl (C=O) groups excluding carboxylic acids is 2. The zero-order valence-electron chi connectivity index (χ0n) is 15.3. The van der Waals surface area contributed by atoms with Crippen molar-refractivity contribution in [1.29, 1.82) is 0 Å². The van der Waals surface area contributed by atoms with E-state index in [4.69, 9.17) is 4.74 Å². The third kappa shape index (κ3) is 4.55. The molecule has 6 nitrogen and oxygen atoms in total. The molecular weight excluding hydrogens is 332 g/mol. The molecule has 2 saturated carbocycles. The molecule has 0 radical (unpaired) electrons. The second-order valence-electron chi connectivity index (χ2n) is 7.46. The lowest BCUT2D eigenvalue weighted by Crippen LogP contribution is -2.47. The smallest absolute Gasteiger partial charge is 0.411 e. The number of hydrogen-bond acceptors (Lipinski definition) is 5. The van der Waals surface area contributed by atoms with E-state index in [0.717, 1.165) is 31.1 Å². The lowest BCUT2D eigenvalue weighted by atomic mass is 9.94. The van der Waals surface area contributed by atoms with E-state index in [2.05, 4.69) is 5.32 Å². The number of aromatic hydroxyl groups is 1. The van der Waals surface area contributed by atoms with Crippen LogP contribution in [0.3, 0.4) is 0 Å². The van der Waals surface area contributed by atoms with E-state index in [0.29, 0.717) is 18.4 Å². The van der Waals surface area contributed by atoms with Crippen molar-refractivity contribution < 1.29 is 19.4 Å². The zero-order valence-corrected chi connectivity index (χ0v) is 15.3. The molecule has 1 amide bonds. The van der Waals surface area contributed by atoms with Crippen LogP contribution in [0.4, 0.5) is 4.79 Å². The van der Waals surface area contributed by atoms with Crippen molar-refractivity contribution in [2.45, 2.75) is 51.3 Å². The van der Waals surface area contributed by atoms with Gasteiger partial charge in [0.25, 0.3) is 0 Å². The van der Waals surface area contributed by atoms with Crippen LogP contribution >= 0.6 is 0 Å². The maximum atomic E-state index is 12.6. The number of hydrogen-bond donors (Lipinski definition) is 2. The van der Waals surface area contributed by atoms with Crippen molar-refractivity contribution in [3.63, 3.8) is 0 Å². The molecule has 0 aliphatic heterocycles. The summed E-state index contributed by atoms with van der Waals surface area (Å²) in [7, 11) is 0. The van der Waals surface area contributed by atoms with Crippen molar-refractivity contribution in [3.05, 3.63) is 29.8 Å². The molecule has 6 heteroatoms. The summed E-state index contributed by atoms with van der Waals surface area (Å²) in [5, 5.41) is 12.5. The summed E-state index contributed by atoms with van der Waals surface area (Å²) >= 11 is 0. The Morgan fingerprint density at radius 3 is 2.73 bits per heavy atom. The summed E-state index contributed by atoms with van der Waals surface area (Å²) in [5.74, 6) is 1.47. The molecule has 1 aromatic carbocycles. The summed E-state index contributed by atoms with van der Waals surface area (Å²) in [6, 6.07) is 7.20. The summed E-state index contributed by atoms with van der Waals surface area (Å²) in [4.78, 5) is 25.2. The Morgan fingerprint density at radius 2 is 2.12 bits per heavy atom. The maximum Gasteiger partial charge on any atom is 0.411 e. The Kier molecular flexibility index (Phi) is 6.14. The maximum absolute atomic E-state index is 12.6. The van der Waals surface area contributed by atoms with Crippen LogP contribution in [0.25, 0.3) is 0 Å². The monoisotopic (exact) mass is 360 g/mol. The molecule has 2 N–H and O–H groups in total. The molecule has 0 heterocycles. The van der Waals surface area contributed by atoms with E-state index in [9.17, 15) is 14.7 Å². The fourth-order valence-electron chi connectivity index (χ4n) is 4.36. The minimum atomic E-state index is -0.424. The van der Waals surface area contributed by atoms with E-state index < -0.39 is 12.3 Å². The molecule has 3 rings (SSSR count). The van der Waals surface area contributed by atoms with Crippen molar-refractivity contribution in [1.82, 2.24) is 10.2 Å². The molecule has 4 atom stereocenters. The zero-order chi connectivity index (χ0) is 18.5. The molecule has 2 aliphatic rings. The molecule has 0 aromatic heterocycles. The number of fused-ring (bicyclic) bond motifs is 2. The van der Waals surface area contributed by atoms with E-state index in [-0.39, 0.29) is 18.3 Å². The SMILES string of the molecule is CC(NCCc1ccc(O)cc1)OC(=O)N(CC=O)C1CC2CCC1C2. The second kappa shape index (κ2) is 8.54. The van der Waals surface area contributed by atoms with Gasteiger partial charge in [-0.15, -0.1) is 0 Å². The first-order valence-electron chi connectivity index (χ1n) is 9.49. The Morgan fingerprint density at radius 1 is 1.35 bits per heavy atom. The van der Waals surface area contributed by atoms with Crippen molar-refractivity contribution in [3.8, 4) is 5.75 Å². The van der Waals surface area contributed by atoms with E-state index in [1.165, 1.54) is 12.8 Å². The van der Waals surface area contributed by atoms with Gasteiger partial charge in [-0.2, -0.15) is 0 Å². The Bertz CT molecular complexity index is 619. The molecule has 0 spiro atoms. The normalized spacial score (nSPS) is 25.0. The molecule has 4 unspecified atom stereocenters. The number of benzene rings is 1. The average Bonchev–Trinajstić information content (AvgIpc) is 3.24. The Balaban J connectivity index is 1.45. The summed E-state index contributed by atoms with van der Waals surface area (Å²) in [6.45, 7) is 2.56. The third-order valence-corrected chi connectivity index (χ3v) is 5.67. The highest BCUT2D eigenvalue weighted by atomic mass is 16.6. The molecule has 26 heavy (non-hydrogen) atoms. The molecule has 2 aliphatic carbocycles. The number of carbonyl (C=O) groups is 2. The van der Waals surface area contributed by atoms with Crippen molar-refractivity contribution >= 4 is 12.4 Å². The molecule has 2 fully saturated rings. The number of ether oxygens (including phenoxy) is 1. The standard InChI is InChI=1S/C20H28N2O4/c1-14(21-9-8-15-3-6-18(24)7-4-15)26-20(25)22(10-11-23)19-13-16-2-5-17(19)12-16/h3-4,6-7,11,14,16-17,19,21,24H,2,5,8-10,12-13H2,1H3. The van der Waals surface area contributed by atoms with Gasteiger partial charge in [0.15, 0.2) is 6.23 Å². The van der Waals surface area contributed by atoms with E-state index in [1.807, 2.05) is 12.1 Å². The number of rotatable bonds is 8. The highest BCUT2D eigenvalue weighted by Gasteiger charge is 2.44. The molecule has 1 aromatic rings. The summed E-state index contributed by atoms with van der Waals surface area (Å²) in [5.41, 5.74) is 1.10. The van der Waals surface area contributed by atoms with Crippen molar-refractivity contribution in [2.24, 2.45) is 11.8 Å². The minimum Gasteiger partial charge on any atom is -0.508 e. The van der Waals surface area contributed by atoms with E-state index >= 15 is 0 Å². The van der Waals surface area contributed by atoms with Crippen LogP contribution in [-0.4, -0.2) is 47.7 Å². The van der Waals surface area contributed by atoms with Gasteiger partial charge < -0.3 is 14.6 Å². The average molecular weight is 360 g/mol. The first kappa shape index (κ1) is 18.7. The van der Waals surface area contributed by atoms with Crippen LogP contribution in [0.1, 0.15) is 38.2 Å². The van der Waals surface area contributed by atoms with Gasteiger partial charge in [-0.05, 0) is 62.1 Å². The van der Waals surface area contributed by atoms with Crippen LogP contribution in [-0.2, 0) is 16.0 Å². The number of nitrogens with zero attached hydrogens (tertiary/aromatic N) is 1. The van der Waals surface area contributed by atoms with Gasteiger partial charge in [0.2, 0.25) is 0 Å². The first-order valence-corrected chi connectivity index (χ1v) is 9.49. The number of aldehydes is 1. The topological polar surface area (TPSA) is 78.9 Å². The predicted molar refractivity (Wildman–Crippen MR) is 97.8 cm³/mol. The summed E-state index contributed by atoms with van der Waals surface area (Å²) in [6.07, 6.45) is 5.30. The largest absolute Gasteiger partial charge is 0.508 e. The van der Waals surface area contributed by atoms with Gasteiger partial charge in [0, 0.05) is 12.6 Å². The number of phenols is 1. The number of phenolic OH excluding ortho intramolecular Hbond substituents is 1. The van der Waals surface area contributed by atoms with Crippen LogP contribution in [0.15, 0.2) is 24.3 Å². The van der Waals surface area contributed by atoms with Gasteiger partial charge in [-0.1, -0.05) is 18.6 Å². The Hall–Kier alpha value is -2.08. The third-order valence-electron chi connectivity index (χ3n) is 5.67. The van der Waals surface area contributed by atoms with Gasteiger partial charge in [-0.3, -0.25) is 10.2 Å². The van der Waals surface area contributed by atoms with Crippen LogP contribution in [0.2, 0.25) is 0 Å². The fraction of sp³-hybridized carbons (Fsp3) is 0.600. The molecular formula is C20H28N2O4. The fourth-order valence-corrected chi connectivity index (χ4v) is 4.36. The molecule has 0 saturated heterocycles.